The first-order chi connectivity index (χ1) is 13.8. The van der Waals surface area contributed by atoms with Crippen LogP contribution < -0.4 is 5.32 Å². The van der Waals surface area contributed by atoms with Gasteiger partial charge in [-0.3, -0.25) is 15.4 Å². The van der Waals surface area contributed by atoms with Crippen molar-refractivity contribution in [2.45, 2.75) is 26.9 Å². The third-order valence-electron chi connectivity index (χ3n) is 4.09. The van der Waals surface area contributed by atoms with Gasteiger partial charge in [-0.2, -0.15) is 0 Å². The Morgan fingerprint density at radius 2 is 2.07 bits per heavy atom. The summed E-state index contributed by atoms with van der Waals surface area (Å²) < 4.78 is 10.6. The van der Waals surface area contributed by atoms with Crippen molar-refractivity contribution in [1.82, 2.24) is 15.1 Å². The molecule has 0 unspecified atom stereocenters. The molecule has 0 aliphatic rings. The summed E-state index contributed by atoms with van der Waals surface area (Å²) in [5, 5.41) is 17.6. The van der Waals surface area contributed by atoms with Gasteiger partial charge in [0.25, 0.3) is 5.69 Å². The minimum absolute atomic E-state index is 0.124. The van der Waals surface area contributed by atoms with E-state index in [-0.39, 0.29) is 33.7 Å². The number of carbonyl (C=O) groups is 1. The molecule has 0 radical (unpaired) electrons. The van der Waals surface area contributed by atoms with Gasteiger partial charge in [-0.25, -0.2) is 14.8 Å². The van der Waals surface area contributed by atoms with E-state index >= 15 is 0 Å². The average Bonchev–Trinajstić information content (AvgIpc) is 3.02. The van der Waals surface area contributed by atoms with Crippen molar-refractivity contribution in [3.63, 3.8) is 0 Å². The van der Waals surface area contributed by atoms with E-state index in [0.29, 0.717) is 11.3 Å². The molecule has 0 saturated heterocycles. The fourth-order valence-electron chi connectivity index (χ4n) is 2.62. The number of anilines is 1. The summed E-state index contributed by atoms with van der Waals surface area (Å²) in [6.45, 7) is 4.79. The molecule has 1 atom stereocenters. The van der Waals surface area contributed by atoms with E-state index in [4.69, 9.17) is 20.9 Å². The molecule has 10 nitrogen and oxygen atoms in total. The van der Waals surface area contributed by atoms with Gasteiger partial charge in [0.15, 0.2) is 0 Å². The fourth-order valence-corrected chi connectivity index (χ4v) is 2.90. The SMILES string of the molecule is Cc1nc(-c2onc(C)c2NC(=O)O[C@H](C)c2cccnc2Cl)ccc1[N+](=O)[O-]. The topological polar surface area (TPSA) is 133 Å². The Morgan fingerprint density at radius 1 is 1.31 bits per heavy atom. The zero-order chi connectivity index (χ0) is 21.1. The number of nitrogens with one attached hydrogen (secondary N) is 1. The van der Waals surface area contributed by atoms with E-state index < -0.39 is 17.1 Å². The third kappa shape index (κ3) is 4.32. The molecule has 0 spiro atoms. The van der Waals surface area contributed by atoms with Crippen LogP contribution in [0.25, 0.3) is 11.5 Å². The van der Waals surface area contributed by atoms with Crippen LogP contribution in [0.2, 0.25) is 5.15 Å². The molecule has 150 valence electrons. The van der Waals surface area contributed by atoms with Gasteiger partial charge < -0.3 is 9.26 Å². The number of ether oxygens (including phenoxy) is 1. The lowest BCUT2D eigenvalue weighted by Gasteiger charge is -2.15. The second kappa shape index (κ2) is 8.23. The Bertz CT molecular complexity index is 1080. The van der Waals surface area contributed by atoms with Crippen molar-refractivity contribution in [3.8, 4) is 11.5 Å². The van der Waals surface area contributed by atoms with E-state index in [1.807, 2.05) is 0 Å². The van der Waals surface area contributed by atoms with Gasteiger partial charge in [0.05, 0.1) is 4.92 Å². The number of nitro groups is 1. The number of rotatable bonds is 5. The van der Waals surface area contributed by atoms with Crippen molar-refractivity contribution in [2.24, 2.45) is 0 Å². The first-order valence-electron chi connectivity index (χ1n) is 8.44. The number of aromatic nitrogens is 3. The molecule has 1 amide bonds. The number of hydrogen-bond donors (Lipinski definition) is 1. The summed E-state index contributed by atoms with van der Waals surface area (Å²) in [5.41, 5.74) is 1.56. The second-order valence-electron chi connectivity index (χ2n) is 6.09. The van der Waals surface area contributed by atoms with E-state index in [1.54, 1.807) is 26.0 Å². The molecule has 0 saturated carbocycles. The molecule has 3 heterocycles. The Kier molecular flexibility index (Phi) is 5.74. The normalized spacial score (nSPS) is 11.7. The lowest BCUT2D eigenvalue weighted by molar-refractivity contribution is -0.385. The molecule has 3 aromatic heterocycles. The van der Waals surface area contributed by atoms with Gasteiger partial charge in [0.1, 0.15) is 34.0 Å². The van der Waals surface area contributed by atoms with Crippen molar-refractivity contribution < 1.29 is 19.0 Å². The highest BCUT2D eigenvalue weighted by Gasteiger charge is 2.23. The van der Waals surface area contributed by atoms with Gasteiger partial charge in [-0.1, -0.05) is 22.8 Å². The molecule has 0 aliphatic heterocycles. The predicted octanol–water partition coefficient (Wildman–Crippen LogP) is 4.62. The first kappa shape index (κ1) is 20.2. The summed E-state index contributed by atoms with van der Waals surface area (Å²) in [6, 6.07) is 6.11. The Hall–Kier alpha value is -3.53. The quantitative estimate of drug-likeness (QED) is 0.361. The third-order valence-corrected chi connectivity index (χ3v) is 4.40. The highest BCUT2D eigenvalue weighted by molar-refractivity contribution is 6.30. The minimum atomic E-state index is -0.761. The zero-order valence-electron chi connectivity index (χ0n) is 15.7. The number of hydrogen-bond acceptors (Lipinski definition) is 8. The number of carbonyl (C=O) groups excluding carboxylic acids is 1. The zero-order valence-corrected chi connectivity index (χ0v) is 16.4. The second-order valence-corrected chi connectivity index (χ2v) is 6.44. The van der Waals surface area contributed by atoms with Crippen LogP contribution >= 0.6 is 11.6 Å². The maximum absolute atomic E-state index is 12.4. The largest absolute Gasteiger partial charge is 0.441 e. The first-order valence-corrected chi connectivity index (χ1v) is 8.82. The van der Waals surface area contributed by atoms with Crippen LogP contribution in [0.15, 0.2) is 35.0 Å². The predicted molar refractivity (Wildman–Crippen MR) is 104 cm³/mol. The monoisotopic (exact) mass is 417 g/mol. The van der Waals surface area contributed by atoms with E-state index in [2.05, 4.69) is 20.4 Å². The Labute approximate surface area is 170 Å². The molecular weight excluding hydrogens is 402 g/mol. The summed E-state index contributed by atoms with van der Waals surface area (Å²) in [4.78, 5) is 30.9. The van der Waals surface area contributed by atoms with Gasteiger partial charge in [0.2, 0.25) is 5.76 Å². The maximum atomic E-state index is 12.4. The van der Waals surface area contributed by atoms with Crippen molar-refractivity contribution in [1.29, 1.82) is 0 Å². The highest BCUT2D eigenvalue weighted by Crippen LogP contribution is 2.32. The van der Waals surface area contributed by atoms with Crippen LogP contribution in [0.3, 0.4) is 0 Å². The Morgan fingerprint density at radius 3 is 2.72 bits per heavy atom. The number of nitrogens with zero attached hydrogens (tertiary/aromatic N) is 4. The van der Waals surface area contributed by atoms with Crippen molar-refractivity contribution >= 4 is 29.1 Å². The van der Waals surface area contributed by atoms with E-state index in [0.717, 1.165) is 0 Å². The van der Waals surface area contributed by atoms with Crippen LogP contribution in [0, 0.1) is 24.0 Å². The smallest absolute Gasteiger partial charge is 0.412 e. The summed E-state index contributed by atoms with van der Waals surface area (Å²) in [7, 11) is 0. The van der Waals surface area contributed by atoms with Crippen molar-refractivity contribution in [2.75, 3.05) is 5.32 Å². The fraction of sp³-hybridized carbons (Fsp3) is 0.222. The van der Waals surface area contributed by atoms with Crippen LogP contribution in [0.1, 0.15) is 30.0 Å². The van der Waals surface area contributed by atoms with Crippen LogP contribution in [0.4, 0.5) is 16.2 Å². The molecule has 0 aromatic carbocycles. The summed E-state index contributed by atoms with van der Waals surface area (Å²) in [5.74, 6) is 0.157. The lowest BCUT2D eigenvalue weighted by atomic mass is 10.2. The molecular formula is C18H16ClN5O5. The lowest BCUT2D eigenvalue weighted by Crippen LogP contribution is -2.17. The molecule has 0 aliphatic carbocycles. The highest BCUT2D eigenvalue weighted by atomic mass is 35.5. The van der Waals surface area contributed by atoms with Gasteiger partial charge in [0, 0.05) is 17.8 Å². The molecule has 0 bridgehead atoms. The van der Waals surface area contributed by atoms with Gasteiger partial charge in [-0.05, 0) is 32.9 Å². The summed E-state index contributed by atoms with van der Waals surface area (Å²) in [6.07, 6.45) is 0.119. The number of amides is 1. The van der Waals surface area contributed by atoms with Gasteiger partial charge >= 0.3 is 6.09 Å². The number of pyridine rings is 2. The molecule has 0 fully saturated rings. The molecule has 3 aromatic rings. The summed E-state index contributed by atoms with van der Waals surface area (Å²) >= 11 is 6.02. The van der Waals surface area contributed by atoms with Gasteiger partial charge in [-0.15, -0.1) is 0 Å². The maximum Gasteiger partial charge on any atom is 0.412 e. The van der Waals surface area contributed by atoms with Crippen LogP contribution in [0.5, 0.6) is 0 Å². The van der Waals surface area contributed by atoms with E-state index in [9.17, 15) is 14.9 Å². The number of aryl methyl sites for hydroxylation is 2. The standard InChI is InChI=1S/C18H16ClN5O5/c1-9-14(24(26)27)7-6-13(21-9)16-15(10(2)23-29-16)22-18(25)28-11(3)12-5-4-8-20-17(12)19/h4-8,11H,1-3H3,(H,22,25)/t11-/m1/s1. The number of halogens is 1. The minimum Gasteiger partial charge on any atom is -0.441 e. The van der Waals surface area contributed by atoms with E-state index in [1.165, 1.54) is 25.3 Å². The molecule has 3 rings (SSSR count). The van der Waals surface area contributed by atoms with Crippen molar-refractivity contribution in [3.05, 3.63) is 62.7 Å². The van der Waals surface area contributed by atoms with Crippen LogP contribution in [-0.2, 0) is 4.74 Å². The Balaban J connectivity index is 1.81. The molecule has 1 N–H and O–H groups in total. The van der Waals surface area contributed by atoms with Crippen LogP contribution in [-0.4, -0.2) is 26.1 Å². The molecule has 11 heteroatoms. The average molecular weight is 418 g/mol. The molecule has 29 heavy (non-hydrogen) atoms.